The third kappa shape index (κ3) is 4.39. The Balaban J connectivity index is 1.91. The number of benzene rings is 2. The third-order valence-electron chi connectivity index (χ3n) is 4.25. The first kappa shape index (κ1) is 20.0. The van der Waals surface area contributed by atoms with E-state index in [1.807, 2.05) is 69.3 Å². The number of carbonyl (C=O) groups excluding carboxylic acids is 1. The number of carbonyl (C=O) groups is 1. The zero-order valence-corrected chi connectivity index (χ0v) is 17.4. The van der Waals surface area contributed by atoms with Crippen molar-refractivity contribution in [1.82, 2.24) is 4.90 Å². The zero-order valence-electron chi connectivity index (χ0n) is 16.6. The number of thioether (sulfide) groups is 1. The van der Waals surface area contributed by atoms with Crippen molar-refractivity contribution in [3.05, 3.63) is 58.5 Å². The van der Waals surface area contributed by atoms with E-state index in [-0.39, 0.29) is 5.91 Å². The molecular weight excluding hydrogens is 372 g/mol. The van der Waals surface area contributed by atoms with E-state index in [2.05, 4.69) is 4.99 Å². The molecule has 0 radical (unpaired) electrons. The molecule has 1 aliphatic heterocycles. The summed E-state index contributed by atoms with van der Waals surface area (Å²) in [5, 5.41) is 0.696. The fourth-order valence-corrected chi connectivity index (χ4v) is 3.87. The summed E-state index contributed by atoms with van der Waals surface area (Å²) < 4.78 is 11.0. The molecule has 0 N–H and O–H groups in total. The molecule has 0 bridgehead atoms. The monoisotopic (exact) mass is 396 g/mol. The van der Waals surface area contributed by atoms with Gasteiger partial charge in [0.05, 0.1) is 24.3 Å². The molecule has 0 aromatic heterocycles. The van der Waals surface area contributed by atoms with Crippen LogP contribution >= 0.6 is 11.8 Å². The number of hydrogen-bond acceptors (Lipinski definition) is 5. The minimum absolute atomic E-state index is 0.0351. The molecule has 0 spiro atoms. The first-order valence-electron chi connectivity index (χ1n) is 9.23. The Labute approximate surface area is 170 Å². The molecule has 6 heteroatoms. The van der Waals surface area contributed by atoms with E-state index in [1.165, 1.54) is 17.3 Å². The number of hydrogen-bond donors (Lipinski definition) is 0. The molecule has 0 saturated carbocycles. The average Bonchev–Trinajstić information content (AvgIpc) is 2.98. The van der Waals surface area contributed by atoms with E-state index >= 15 is 0 Å². The molecule has 1 fully saturated rings. The maximum absolute atomic E-state index is 12.8. The summed E-state index contributed by atoms with van der Waals surface area (Å²) in [6.07, 6.45) is 1.87. The van der Waals surface area contributed by atoms with E-state index in [1.54, 1.807) is 12.0 Å². The number of amides is 1. The molecule has 1 saturated heterocycles. The topological polar surface area (TPSA) is 51.1 Å². The summed E-state index contributed by atoms with van der Waals surface area (Å²) in [6.45, 7) is 7.03. The van der Waals surface area contributed by atoms with Gasteiger partial charge in [-0.15, -0.1) is 0 Å². The Morgan fingerprint density at radius 1 is 1.11 bits per heavy atom. The van der Waals surface area contributed by atoms with Gasteiger partial charge in [0.2, 0.25) is 0 Å². The van der Waals surface area contributed by atoms with Crippen LogP contribution in [0.2, 0.25) is 0 Å². The van der Waals surface area contributed by atoms with Gasteiger partial charge in [0.15, 0.2) is 16.7 Å². The SMILES string of the molecule is CCOc1cc(/C=C2/SC(=Nc3ccc(C)cc3)N(CC)C2=O)ccc1OC. The van der Waals surface area contributed by atoms with Crippen molar-refractivity contribution in [3.63, 3.8) is 0 Å². The molecule has 0 unspecified atom stereocenters. The van der Waals surface area contributed by atoms with Crippen LogP contribution in [0.25, 0.3) is 6.08 Å². The van der Waals surface area contributed by atoms with Gasteiger partial charge in [0, 0.05) is 6.54 Å². The predicted molar refractivity (Wildman–Crippen MR) is 115 cm³/mol. The standard InChI is InChI=1S/C22H24N2O3S/c1-5-24-21(25)20(28-22(24)23-17-10-7-15(3)8-11-17)14-16-9-12-18(26-4)19(13-16)27-6-2/h7-14H,5-6H2,1-4H3/b20-14+,23-22?. The van der Waals surface area contributed by atoms with Crippen LogP contribution in [0.4, 0.5) is 5.69 Å². The van der Waals surface area contributed by atoms with Crippen LogP contribution in [0, 0.1) is 6.92 Å². The van der Waals surface area contributed by atoms with Crippen molar-refractivity contribution >= 4 is 34.6 Å². The van der Waals surface area contributed by atoms with Crippen LogP contribution in [0.1, 0.15) is 25.0 Å². The van der Waals surface area contributed by atoms with Gasteiger partial charge in [-0.2, -0.15) is 0 Å². The number of nitrogens with zero attached hydrogens (tertiary/aromatic N) is 2. The first-order chi connectivity index (χ1) is 13.5. The molecule has 1 amide bonds. The van der Waals surface area contributed by atoms with Crippen LogP contribution in [-0.4, -0.2) is 36.2 Å². The fourth-order valence-electron chi connectivity index (χ4n) is 2.80. The Bertz CT molecular complexity index is 920. The van der Waals surface area contributed by atoms with E-state index in [0.717, 1.165) is 11.3 Å². The van der Waals surface area contributed by atoms with Crippen LogP contribution in [0.5, 0.6) is 11.5 Å². The van der Waals surface area contributed by atoms with Gasteiger partial charge in [0.25, 0.3) is 5.91 Å². The number of methoxy groups -OCH3 is 1. The van der Waals surface area contributed by atoms with Crippen LogP contribution in [0.3, 0.4) is 0 Å². The van der Waals surface area contributed by atoms with Gasteiger partial charge in [-0.25, -0.2) is 4.99 Å². The van der Waals surface area contributed by atoms with Crippen molar-refractivity contribution in [1.29, 1.82) is 0 Å². The maximum Gasteiger partial charge on any atom is 0.266 e. The molecular formula is C22H24N2O3S. The van der Waals surface area contributed by atoms with Crippen molar-refractivity contribution < 1.29 is 14.3 Å². The minimum atomic E-state index is -0.0351. The lowest BCUT2D eigenvalue weighted by molar-refractivity contribution is -0.122. The molecule has 1 heterocycles. The summed E-state index contributed by atoms with van der Waals surface area (Å²) >= 11 is 1.39. The lowest BCUT2D eigenvalue weighted by Crippen LogP contribution is -2.28. The van der Waals surface area contributed by atoms with E-state index in [0.29, 0.717) is 34.7 Å². The average molecular weight is 397 g/mol. The molecule has 2 aromatic rings. The normalized spacial score (nSPS) is 16.9. The smallest absolute Gasteiger partial charge is 0.266 e. The largest absolute Gasteiger partial charge is 0.493 e. The molecule has 1 aliphatic rings. The molecule has 0 aliphatic carbocycles. The summed E-state index contributed by atoms with van der Waals surface area (Å²) in [7, 11) is 1.61. The maximum atomic E-state index is 12.8. The summed E-state index contributed by atoms with van der Waals surface area (Å²) in [6, 6.07) is 13.6. The quantitative estimate of drug-likeness (QED) is 0.643. The van der Waals surface area contributed by atoms with E-state index in [4.69, 9.17) is 9.47 Å². The predicted octanol–water partition coefficient (Wildman–Crippen LogP) is 5.03. The zero-order chi connectivity index (χ0) is 20.1. The highest BCUT2D eigenvalue weighted by Gasteiger charge is 2.32. The second-order valence-electron chi connectivity index (χ2n) is 6.23. The molecule has 2 aromatic carbocycles. The number of rotatable bonds is 6. The van der Waals surface area contributed by atoms with Gasteiger partial charge in [0.1, 0.15) is 0 Å². The van der Waals surface area contributed by atoms with Crippen molar-refractivity contribution in [2.24, 2.45) is 4.99 Å². The number of aliphatic imine (C=N–C) groups is 1. The molecule has 28 heavy (non-hydrogen) atoms. The Kier molecular flexibility index (Phi) is 6.41. The Morgan fingerprint density at radius 2 is 1.86 bits per heavy atom. The second-order valence-corrected chi connectivity index (χ2v) is 7.24. The molecule has 3 rings (SSSR count). The lowest BCUT2D eigenvalue weighted by atomic mass is 10.2. The Hall–Kier alpha value is -2.73. The summed E-state index contributed by atoms with van der Waals surface area (Å²) in [5.74, 6) is 1.30. The molecule has 0 atom stereocenters. The van der Waals surface area contributed by atoms with Gasteiger partial charge in [-0.3, -0.25) is 9.69 Å². The third-order valence-corrected chi connectivity index (χ3v) is 5.25. The van der Waals surface area contributed by atoms with Crippen LogP contribution < -0.4 is 9.47 Å². The van der Waals surface area contributed by atoms with Gasteiger partial charge >= 0.3 is 0 Å². The first-order valence-corrected chi connectivity index (χ1v) is 10.0. The number of aryl methyl sites for hydroxylation is 1. The van der Waals surface area contributed by atoms with Gasteiger partial charge < -0.3 is 9.47 Å². The van der Waals surface area contributed by atoms with Gasteiger partial charge in [-0.1, -0.05) is 23.8 Å². The summed E-state index contributed by atoms with van der Waals surface area (Å²) in [4.78, 5) is 19.8. The number of likely N-dealkylation sites (N-methyl/N-ethyl adjacent to an activating group) is 1. The Morgan fingerprint density at radius 3 is 2.50 bits per heavy atom. The van der Waals surface area contributed by atoms with Crippen LogP contribution in [-0.2, 0) is 4.79 Å². The lowest BCUT2D eigenvalue weighted by Gasteiger charge is -2.12. The van der Waals surface area contributed by atoms with Gasteiger partial charge in [-0.05, 0) is 68.4 Å². The van der Waals surface area contributed by atoms with Crippen molar-refractivity contribution in [2.45, 2.75) is 20.8 Å². The highest BCUT2D eigenvalue weighted by molar-refractivity contribution is 8.18. The highest BCUT2D eigenvalue weighted by Crippen LogP contribution is 2.35. The number of amidine groups is 1. The minimum Gasteiger partial charge on any atom is -0.493 e. The summed E-state index contributed by atoms with van der Waals surface area (Å²) in [5.41, 5.74) is 2.90. The molecule has 146 valence electrons. The second kappa shape index (κ2) is 8.97. The van der Waals surface area contributed by atoms with Crippen LogP contribution in [0.15, 0.2) is 52.4 Å². The van der Waals surface area contributed by atoms with Crippen molar-refractivity contribution in [3.8, 4) is 11.5 Å². The number of ether oxygens (including phenoxy) is 2. The highest BCUT2D eigenvalue weighted by atomic mass is 32.2. The van der Waals surface area contributed by atoms with E-state index in [9.17, 15) is 4.79 Å². The van der Waals surface area contributed by atoms with Crippen molar-refractivity contribution in [2.75, 3.05) is 20.3 Å². The molecule has 5 nitrogen and oxygen atoms in total. The fraction of sp³-hybridized carbons (Fsp3) is 0.273. The van der Waals surface area contributed by atoms with E-state index < -0.39 is 0 Å².